The minimum atomic E-state index is 0.129. The molecule has 2 aromatic carbocycles. The highest BCUT2D eigenvalue weighted by Gasteiger charge is 2.11. The predicted molar refractivity (Wildman–Crippen MR) is 79.9 cm³/mol. The van der Waals surface area contributed by atoms with Crippen molar-refractivity contribution in [3.8, 4) is 5.75 Å². The van der Waals surface area contributed by atoms with Crippen LogP contribution in [0.25, 0.3) is 0 Å². The SMILES string of the molecule is COc1ccc(CC(=O)c2cccc(Br)c2C)cc1. The zero-order chi connectivity index (χ0) is 13.8. The molecule has 0 fully saturated rings. The van der Waals surface area contributed by atoms with Gasteiger partial charge in [-0.05, 0) is 36.2 Å². The quantitative estimate of drug-likeness (QED) is 0.790. The molecule has 0 aliphatic rings. The van der Waals surface area contributed by atoms with E-state index in [2.05, 4.69) is 15.9 Å². The Morgan fingerprint density at radius 2 is 1.84 bits per heavy atom. The number of hydrogen-bond donors (Lipinski definition) is 0. The van der Waals surface area contributed by atoms with Crippen LogP contribution >= 0.6 is 15.9 Å². The second kappa shape index (κ2) is 6.02. The van der Waals surface area contributed by atoms with Gasteiger partial charge in [0.05, 0.1) is 7.11 Å². The summed E-state index contributed by atoms with van der Waals surface area (Å²) in [6, 6.07) is 13.3. The molecule has 0 atom stereocenters. The molecule has 2 aromatic rings. The van der Waals surface area contributed by atoms with E-state index in [-0.39, 0.29) is 5.78 Å². The smallest absolute Gasteiger partial charge is 0.167 e. The molecule has 0 bridgehead atoms. The van der Waals surface area contributed by atoms with Crippen LogP contribution in [0.5, 0.6) is 5.75 Å². The molecule has 0 aliphatic carbocycles. The van der Waals surface area contributed by atoms with Crippen LogP contribution in [0.4, 0.5) is 0 Å². The van der Waals surface area contributed by atoms with Gasteiger partial charge in [0.25, 0.3) is 0 Å². The fourth-order valence-corrected chi connectivity index (χ4v) is 2.30. The van der Waals surface area contributed by atoms with E-state index >= 15 is 0 Å². The molecule has 0 N–H and O–H groups in total. The monoisotopic (exact) mass is 318 g/mol. The van der Waals surface area contributed by atoms with E-state index in [0.29, 0.717) is 6.42 Å². The van der Waals surface area contributed by atoms with Crippen LogP contribution in [0.3, 0.4) is 0 Å². The van der Waals surface area contributed by atoms with Gasteiger partial charge in [0, 0.05) is 16.5 Å². The first kappa shape index (κ1) is 13.8. The van der Waals surface area contributed by atoms with Gasteiger partial charge in [-0.15, -0.1) is 0 Å². The summed E-state index contributed by atoms with van der Waals surface area (Å²) in [7, 11) is 1.63. The number of hydrogen-bond acceptors (Lipinski definition) is 2. The highest BCUT2D eigenvalue weighted by atomic mass is 79.9. The van der Waals surface area contributed by atoms with E-state index < -0.39 is 0 Å². The van der Waals surface area contributed by atoms with Crippen molar-refractivity contribution in [2.24, 2.45) is 0 Å². The van der Waals surface area contributed by atoms with Crippen molar-refractivity contribution < 1.29 is 9.53 Å². The van der Waals surface area contributed by atoms with Crippen LogP contribution in [0, 0.1) is 6.92 Å². The number of rotatable bonds is 4. The van der Waals surface area contributed by atoms with Crippen molar-refractivity contribution in [3.63, 3.8) is 0 Å². The predicted octanol–water partition coefficient (Wildman–Crippen LogP) is 4.19. The Hall–Kier alpha value is -1.61. The Labute approximate surface area is 121 Å². The third kappa shape index (κ3) is 3.24. The fourth-order valence-electron chi connectivity index (χ4n) is 1.93. The normalized spacial score (nSPS) is 10.3. The summed E-state index contributed by atoms with van der Waals surface area (Å²) in [4.78, 5) is 12.3. The Morgan fingerprint density at radius 1 is 1.16 bits per heavy atom. The molecule has 0 unspecified atom stereocenters. The zero-order valence-corrected chi connectivity index (χ0v) is 12.5. The standard InChI is InChI=1S/C16H15BrO2/c1-11-14(4-3-5-15(11)17)16(18)10-12-6-8-13(19-2)9-7-12/h3-9H,10H2,1-2H3. The van der Waals surface area contributed by atoms with E-state index in [4.69, 9.17) is 4.74 Å². The third-order valence-electron chi connectivity index (χ3n) is 3.09. The lowest BCUT2D eigenvalue weighted by Crippen LogP contribution is -2.05. The largest absolute Gasteiger partial charge is 0.497 e. The minimum absolute atomic E-state index is 0.129. The highest BCUT2D eigenvalue weighted by molar-refractivity contribution is 9.10. The maximum Gasteiger partial charge on any atom is 0.167 e. The van der Waals surface area contributed by atoms with Crippen LogP contribution in [-0.2, 0) is 6.42 Å². The molecule has 0 saturated heterocycles. The van der Waals surface area contributed by atoms with E-state index in [9.17, 15) is 4.79 Å². The lowest BCUT2D eigenvalue weighted by molar-refractivity contribution is 0.0992. The molecular weight excluding hydrogens is 304 g/mol. The number of carbonyl (C=O) groups excluding carboxylic acids is 1. The van der Waals surface area contributed by atoms with Gasteiger partial charge in [0.2, 0.25) is 0 Å². The van der Waals surface area contributed by atoms with Gasteiger partial charge in [-0.1, -0.05) is 40.2 Å². The van der Waals surface area contributed by atoms with Crippen molar-refractivity contribution >= 4 is 21.7 Å². The average Bonchev–Trinajstić information content (AvgIpc) is 2.42. The molecule has 0 radical (unpaired) electrons. The summed E-state index contributed by atoms with van der Waals surface area (Å²) in [5, 5.41) is 0. The van der Waals surface area contributed by atoms with Crippen molar-refractivity contribution in [1.29, 1.82) is 0 Å². The third-order valence-corrected chi connectivity index (χ3v) is 3.95. The highest BCUT2D eigenvalue weighted by Crippen LogP contribution is 2.21. The van der Waals surface area contributed by atoms with Crippen molar-refractivity contribution in [2.75, 3.05) is 7.11 Å². The van der Waals surface area contributed by atoms with E-state index in [0.717, 1.165) is 26.9 Å². The average molecular weight is 319 g/mol. The first-order valence-electron chi connectivity index (χ1n) is 6.03. The lowest BCUT2D eigenvalue weighted by atomic mass is 9.99. The second-order valence-electron chi connectivity index (χ2n) is 4.36. The molecule has 0 spiro atoms. The van der Waals surface area contributed by atoms with Crippen molar-refractivity contribution in [3.05, 3.63) is 63.6 Å². The Bertz CT molecular complexity index is 588. The van der Waals surface area contributed by atoms with Crippen molar-refractivity contribution in [1.82, 2.24) is 0 Å². The van der Waals surface area contributed by atoms with Gasteiger partial charge in [-0.3, -0.25) is 4.79 Å². The zero-order valence-electron chi connectivity index (χ0n) is 10.9. The molecule has 0 aliphatic heterocycles. The summed E-state index contributed by atoms with van der Waals surface area (Å²) in [5.74, 6) is 0.929. The molecular formula is C16H15BrO2. The molecule has 2 nitrogen and oxygen atoms in total. The van der Waals surface area contributed by atoms with E-state index in [1.165, 1.54) is 0 Å². The molecule has 0 heterocycles. The number of ketones is 1. The molecule has 2 rings (SSSR count). The van der Waals surface area contributed by atoms with Crippen LogP contribution in [0.1, 0.15) is 21.5 Å². The summed E-state index contributed by atoms with van der Waals surface area (Å²) in [6.07, 6.45) is 0.404. The number of ether oxygens (including phenoxy) is 1. The van der Waals surface area contributed by atoms with Gasteiger partial charge in [-0.2, -0.15) is 0 Å². The molecule has 3 heteroatoms. The summed E-state index contributed by atoms with van der Waals surface area (Å²) < 4.78 is 6.07. The second-order valence-corrected chi connectivity index (χ2v) is 5.21. The maximum absolute atomic E-state index is 12.3. The summed E-state index contributed by atoms with van der Waals surface area (Å²) in [6.45, 7) is 1.95. The number of carbonyl (C=O) groups is 1. The fraction of sp³-hybridized carbons (Fsp3) is 0.188. The number of halogens is 1. The van der Waals surface area contributed by atoms with Gasteiger partial charge in [-0.25, -0.2) is 0 Å². The molecule has 19 heavy (non-hydrogen) atoms. The van der Waals surface area contributed by atoms with Crippen LogP contribution in [-0.4, -0.2) is 12.9 Å². The minimum Gasteiger partial charge on any atom is -0.497 e. The van der Waals surface area contributed by atoms with Crippen LogP contribution in [0.15, 0.2) is 46.9 Å². The molecule has 98 valence electrons. The van der Waals surface area contributed by atoms with Crippen LogP contribution in [0.2, 0.25) is 0 Å². The van der Waals surface area contributed by atoms with Crippen molar-refractivity contribution in [2.45, 2.75) is 13.3 Å². The van der Waals surface area contributed by atoms with E-state index in [1.807, 2.05) is 49.4 Å². The van der Waals surface area contributed by atoms with Gasteiger partial charge in [0.1, 0.15) is 5.75 Å². The maximum atomic E-state index is 12.3. The van der Waals surface area contributed by atoms with Gasteiger partial charge >= 0.3 is 0 Å². The van der Waals surface area contributed by atoms with Gasteiger partial charge < -0.3 is 4.74 Å². The Morgan fingerprint density at radius 3 is 2.47 bits per heavy atom. The number of benzene rings is 2. The molecule has 0 amide bonds. The topological polar surface area (TPSA) is 26.3 Å². The lowest BCUT2D eigenvalue weighted by Gasteiger charge is -2.07. The van der Waals surface area contributed by atoms with E-state index in [1.54, 1.807) is 7.11 Å². The van der Waals surface area contributed by atoms with Gasteiger partial charge in [0.15, 0.2) is 5.78 Å². The summed E-state index contributed by atoms with van der Waals surface area (Å²) in [5.41, 5.74) is 2.75. The first-order valence-corrected chi connectivity index (χ1v) is 6.82. The molecule has 0 saturated carbocycles. The summed E-state index contributed by atoms with van der Waals surface area (Å²) >= 11 is 3.45. The first-order chi connectivity index (χ1) is 9.11. The Balaban J connectivity index is 2.18. The number of methoxy groups -OCH3 is 1. The molecule has 0 aromatic heterocycles. The Kier molecular flexibility index (Phi) is 4.38. The van der Waals surface area contributed by atoms with Crippen LogP contribution < -0.4 is 4.74 Å². The number of Topliss-reactive ketones (excluding diaryl/α,β-unsaturated/α-hetero) is 1.